The molecule has 0 aliphatic carbocycles. The third-order valence-electron chi connectivity index (χ3n) is 2.08. The summed E-state index contributed by atoms with van der Waals surface area (Å²) >= 11 is 6.55. The number of carbonyl (C=O) groups excluding carboxylic acids is 1. The number of halogens is 2. The van der Waals surface area contributed by atoms with E-state index in [-0.39, 0.29) is 5.97 Å². The van der Waals surface area contributed by atoms with Gasteiger partial charge in [0.05, 0.1) is 20.6 Å². The fourth-order valence-electron chi connectivity index (χ4n) is 1.21. The van der Waals surface area contributed by atoms with Crippen molar-refractivity contribution in [2.75, 3.05) is 0 Å². The molecule has 5 heteroatoms. The lowest BCUT2D eigenvalue weighted by molar-refractivity contribution is -0.134. The number of rotatable bonds is 4. The summed E-state index contributed by atoms with van der Waals surface area (Å²) in [6.07, 6.45) is 2.16. The summed E-state index contributed by atoms with van der Waals surface area (Å²) in [7, 11) is 0. The molecule has 90 valence electrons. The molecule has 0 fully saturated rings. The number of esters is 1. The second-order valence-electron chi connectivity index (χ2n) is 3.46. The van der Waals surface area contributed by atoms with E-state index in [2.05, 4.69) is 31.9 Å². The molecule has 0 amide bonds. The number of nitriles is 1. The molecule has 0 bridgehead atoms. The molecule has 0 aromatic heterocycles. The first-order valence-electron chi connectivity index (χ1n) is 5.18. The molecule has 17 heavy (non-hydrogen) atoms. The average molecular weight is 361 g/mol. The van der Waals surface area contributed by atoms with Crippen LogP contribution in [0.2, 0.25) is 0 Å². The molecule has 3 nitrogen and oxygen atoms in total. The number of nitrogens with zero attached hydrogens (tertiary/aromatic N) is 1. The van der Waals surface area contributed by atoms with Gasteiger partial charge in [0.1, 0.15) is 0 Å². The van der Waals surface area contributed by atoms with E-state index in [0.29, 0.717) is 26.7 Å². The number of benzene rings is 1. The van der Waals surface area contributed by atoms with Gasteiger partial charge in [-0.2, -0.15) is 5.26 Å². The van der Waals surface area contributed by atoms with E-state index in [9.17, 15) is 4.79 Å². The molecule has 0 aliphatic rings. The molecule has 1 aromatic rings. The predicted octanol–water partition coefficient (Wildman–Crippen LogP) is 4.18. The molecule has 0 atom stereocenters. The quantitative estimate of drug-likeness (QED) is 0.597. The fraction of sp³-hybridized carbons (Fsp3) is 0.333. The SMILES string of the molecule is CCCCC(=O)Oc1c(Br)cc(C#N)cc1Br. The third kappa shape index (κ3) is 4.14. The second-order valence-corrected chi connectivity index (χ2v) is 5.17. The number of hydrogen-bond acceptors (Lipinski definition) is 3. The Morgan fingerprint density at radius 2 is 2.00 bits per heavy atom. The summed E-state index contributed by atoms with van der Waals surface area (Å²) in [5, 5.41) is 8.78. The Bertz CT molecular complexity index is 443. The van der Waals surface area contributed by atoms with Crippen LogP contribution in [0.1, 0.15) is 31.7 Å². The van der Waals surface area contributed by atoms with Crippen molar-refractivity contribution in [1.29, 1.82) is 5.26 Å². The molecule has 0 heterocycles. The van der Waals surface area contributed by atoms with Crippen LogP contribution in [-0.4, -0.2) is 5.97 Å². The van der Waals surface area contributed by atoms with Crippen molar-refractivity contribution in [1.82, 2.24) is 0 Å². The van der Waals surface area contributed by atoms with Crippen LogP contribution in [0.3, 0.4) is 0 Å². The van der Waals surface area contributed by atoms with Gasteiger partial charge in [0.25, 0.3) is 0 Å². The first-order valence-corrected chi connectivity index (χ1v) is 6.77. The zero-order valence-electron chi connectivity index (χ0n) is 9.30. The summed E-state index contributed by atoms with van der Waals surface area (Å²) < 4.78 is 6.42. The van der Waals surface area contributed by atoms with E-state index in [0.717, 1.165) is 12.8 Å². The number of hydrogen-bond donors (Lipinski definition) is 0. The standard InChI is InChI=1S/C12H11Br2NO2/c1-2-3-4-11(16)17-12-9(13)5-8(7-15)6-10(12)14/h5-6H,2-4H2,1H3. The van der Waals surface area contributed by atoms with Crippen molar-refractivity contribution in [2.45, 2.75) is 26.2 Å². The van der Waals surface area contributed by atoms with Crippen LogP contribution >= 0.6 is 31.9 Å². The van der Waals surface area contributed by atoms with Gasteiger partial charge >= 0.3 is 5.97 Å². The van der Waals surface area contributed by atoms with Crippen molar-refractivity contribution < 1.29 is 9.53 Å². The molecule has 0 spiro atoms. The normalized spacial score (nSPS) is 9.76. The Kier molecular flexibility index (Phi) is 5.66. The van der Waals surface area contributed by atoms with Gasteiger partial charge in [-0.3, -0.25) is 4.79 Å². The highest BCUT2D eigenvalue weighted by atomic mass is 79.9. The molecule has 0 N–H and O–H groups in total. The molecule has 0 radical (unpaired) electrons. The Morgan fingerprint density at radius 3 is 2.47 bits per heavy atom. The maximum Gasteiger partial charge on any atom is 0.311 e. The van der Waals surface area contributed by atoms with Gasteiger partial charge in [-0.15, -0.1) is 0 Å². The Hall–Kier alpha value is -0.860. The lowest BCUT2D eigenvalue weighted by Crippen LogP contribution is -2.08. The van der Waals surface area contributed by atoms with E-state index in [1.807, 2.05) is 13.0 Å². The van der Waals surface area contributed by atoms with Crippen molar-refractivity contribution in [3.63, 3.8) is 0 Å². The molecule has 1 rings (SSSR count). The van der Waals surface area contributed by atoms with E-state index in [1.165, 1.54) is 0 Å². The van der Waals surface area contributed by atoms with Gasteiger partial charge in [0, 0.05) is 6.42 Å². The zero-order valence-corrected chi connectivity index (χ0v) is 12.5. The van der Waals surface area contributed by atoms with Crippen molar-refractivity contribution in [3.8, 4) is 11.8 Å². The predicted molar refractivity (Wildman–Crippen MR) is 71.7 cm³/mol. The average Bonchev–Trinajstić information content (AvgIpc) is 2.30. The van der Waals surface area contributed by atoms with Gasteiger partial charge in [-0.25, -0.2) is 0 Å². The highest BCUT2D eigenvalue weighted by molar-refractivity contribution is 9.11. The second kappa shape index (κ2) is 6.77. The van der Waals surface area contributed by atoms with Gasteiger partial charge < -0.3 is 4.74 Å². The van der Waals surface area contributed by atoms with Crippen LogP contribution in [0, 0.1) is 11.3 Å². The first kappa shape index (κ1) is 14.2. The van der Waals surface area contributed by atoms with E-state index < -0.39 is 0 Å². The van der Waals surface area contributed by atoms with Crippen LogP contribution in [0.15, 0.2) is 21.1 Å². The van der Waals surface area contributed by atoms with E-state index in [4.69, 9.17) is 10.00 Å². The van der Waals surface area contributed by atoms with Crippen LogP contribution < -0.4 is 4.74 Å². The minimum Gasteiger partial charge on any atom is -0.424 e. The summed E-state index contributed by atoms with van der Waals surface area (Å²) in [5.41, 5.74) is 0.497. The van der Waals surface area contributed by atoms with Gasteiger partial charge in [0.2, 0.25) is 0 Å². The molecule has 1 aromatic carbocycles. The van der Waals surface area contributed by atoms with Crippen molar-refractivity contribution in [2.24, 2.45) is 0 Å². The number of carbonyl (C=O) groups is 1. The Labute approximate surface area is 117 Å². The minimum atomic E-state index is -0.266. The molecule has 0 unspecified atom stereocenters. The highest BCUT2D eigenvalue weighted by Crippen LogP contribution is 2.34. The summed E-state index contributed by atoms with van der Waals surface area (Å²) in [6, 6.07) is 5.26. The smallest absolute Gasteiger partial charge is 0.311 e. The largest absolute Gasteiger partial charge is 0.424 e. The molecular formula is C12H11Br2NO2. The van der Waals surface area contributed by atoms with E-state index in [1.54, 1.807) is 12.1 Å². The van der Waals surface area contributed by atoms with Gasteiger partial charge in [-0.05, 0) is 50.4 Å². The minimum absolute atomic E-state index is 0.266. The van der Waals surface area contributed by atoms with Crippen LogP contribution in [-0.2, 0) is 4.79 Å². The van der Waals surface area contributed by atoms with E-state index >= 15 is 0 Å². The lowest BCUT2D eigenvalue weighted by atomic mass is 10.2. The summed E-state index contributed by atoms with van der Waals surface area (Å²) in [4.78, 5) is 11.5. The fourth-order valence-corrected chi connectivity index (χ4v) is 2.56. The number of unbranched alkanes of at least 4 members (excludes halogenated alkanes) is 1. The Morgan fingerprint density at radius 1 is 1.41 bits per heavy atom. The summed E-state index contributed by atoms with van der Waals surface area (Å²) in [5.74, 6) is 0.156. The molecule has 0 saturated carbocycles. The van der Waals surface area contributed by atoms with Crippen LogP contribution in [0.4, 0.5) is 0 Å². The maximum atomic E-state index is 11.5. The van der Waals surface area contributed by atoms with Gasteiger partial charge in [-0.1, -0.05) is 13.3 Å². The molecule has 0 aliphatic heterocycles. The monoisotopic (exact) mass is 359 g/mol. The maximum absolute atomic E-state index is 11.5. The molecular weight excluding hydrogens is 350 g/mol. The lowest BCUT2D eigenvalue weighted by Gasteiger charge is -2.08. The topological polar surface area (TPSA) is 50.1 Å². The van der Waals surface area contributed by atoms with Crippen molar-refractivity contribution in [3.05, 3.63) is 26.6 Å². The first-order chi connectivity index (χ1) is 8.08. The highest BCUT2D eigenvalue weighted by Gasteiger charge is 2.12. The van der Waals surface area contributed by atoms with Crippen molar-refractivity contribution >= 4 is 37.8 Å². The molecule has 0 saturated heterocycles. The third-order valence-corrected chi connectivity index (χ3v) is 3.26. The van der Waals surface area contributed by atoms with Gasteiger partial charge in [0.15, 0.2) is 5.75 Å². The van der Waals surface area contributed by atoms with Crippen LogP contribution in [0.25, 0.3) is 0 Å². The zero-order chi connectivity index (χ0) is 12.8. The van der Waals surface area contributed by atoms with Crippen LogP contribution in [0.5, 0.6) is 5.75 Å². The Balaban J connectivity index is 2.85. The summed E-state index contributed by atoms with van der Waals surface area (Å²) in [6.45, 7) is 2.01. The number of ether oxygens (including phenoxy) is 1.